The number of hydrogen-bond donors (Lipinski definition) is 2. The molecule has 0 aliphatic heterocycles. The summed E-state index contributed by atoms with van der Waals surface area (Å²) in [4.78, 5) is 21.5. The quantitative estimate of drug-likeness (QED) is 0.426. The van der Waals surface area contributed by atoms with Crippen LogP contribution in [-0.4, -0.2) is 56.4 Å². The van der Waals surface area contributed by atoms with Gasteiger partial charge < -0.3 is 20.4 Å². The second-order valence-electron chi connectivity index (χ2n) is 8.45. The smallest absolute Gasteiger partial charge is 0.271 e. The van der Waals surface area contributed by atoms with Gasteiger partial charge in [-0.25, -0.2) is 18.9 Å². The lowest BCUT2D eigenvalue weighted by atomic mass is 10.1. The largest absolute Gasteiger partial charge is 0.479 e. The second kappa shape index (κ2) is 8.43. The van der Waals surface area contributed by atoms with Crippen molar-refractivity contribution in [3.63, 3.8) is 0 Å². The molecule has 172 valence electrons. The van der Waals surface area contributed by atoms with E-state index >= 15 is 0 Å². The topological polar surface area (TPSA) is 112 Å². The molecule has 1 saturated carbocycles. The molecule has 1 fully saturated rings. The first-order chi connectivity index (χ1) is 16.0. The minimum atomic E-state index is -1.32. The Morgan fingerprint density at radius 2 is 2.24 bits per heavy atom. The van der Waals surface area contributed by atoms with Gasteiger partial charge in [0.05, 0.1) is 25.5 Å². The third-order valence-electron chi connectivity index (χ3n) is 6.02. The van der Waals surface area contributed by atoms with E-state index in [1.807, 2.05) is 19.1 Å². The number of amides is 1. The summed E-state index contributed by atoms with van der Waals surface area (Å²) >= 11 is 0. The number of alkyl halides is 1. The van der Waals surface area contributed by atoms with Crippen LogP contribution in [0, 0.1) is 12.8 Å². The molecule has 1 atom stereocenters. The van der Waals surface area contributed by atoms with Crippen LogP contribution in [0.4, 0.5) is 4.39 Å². The SMILES string of the molecule is COc1nc(C(=O)NC[C@H](F)CN)cn2nc(-c3cc4cccnc4n3CC3CC3)c(C)c12. The van der Waals surface area contributed by atoms with E-state index in [0.29, 0.717) is 11.4 Å². The van der Waals surface area contributed by atoms with E-state index in [1.165, 1.54) is 26.1 Å². The van der Waals surface area contributed by atoms with Gasteiger partial charge in [0.25, 0.3) is 5.91 Å². The van der Waals surface area contributed by atoms with Crippen molar-refractivity contribution in [1.82, 2.24) is 29.5 Å². The molecular formula is C23H26FN7O2. The van der Waals surface area contributed by atoms with Gasteiger partial charge >= 0.3 is 0 Å². The zero-order valence-corrected chi connectivity index (χ0v) is 18.6. The maximum Gasteiger partial charge on any atom is 0.271 e. The van der Waals surface area contributed by atoms with Gasteiger partial charge in [0.2, 0.25) is 5.88 Å². The van der Waals surface area contributed by atoms with E-state index in [4.69, 9.17) is 15.6 Å². The van der Waals surface area contributed by atoms with E-state index in [-0.39, 0.29) is 24.7 Å². The fourth-order valence-corrected chi connectivity index (χ4v) is 4.07. The predicted molar refractivity (Wildman–Crippen MR) is 122 cm³/mol. The molecule has 0 saturated heterocycles. The summed E-state index contributed by atoms with van der Waals surface area (Å²) < 4.78 is 22.8. The molecule has 1 amide bonds. The van der Waals surface area contributed by atoms with Crippen LogP contribution in [0.3, 0.4) is 0 Å². The molecule has 4 aromatic rings. The molecule has 1 aliphatic rings. The highest BCUT2D eigenvalue weighted by Crippen LogP contribution is 2.37. The number of aryl methyl sites for hydroxylation is 1. The van der Waals surface area contributed by atoms with Crippen LogP contribution in [0.15, 0.2) is 30.6 Å². The normalized spacial score (nSPS) is 14.7. The molecule has 4 heterocycles. The Bertz CT molecular complexity index is 1340. The lowest BCUT2D eigenvalue weighted by Crippen LogP contribution is -2.34. The van der Waals surface area contributed by atoms with Crippen molar-refractivity contribution in [2.75, 3.05) is 20.2 Å². The number of pyridine rings is 1. The van der Waals surface area contributed by atoms with E-state index in [1.54, 1.807) is 10.7 Å². The van der Waals surface area contributed by atoms with Crippen LogP contribution in [0.1, 0.15) is 28.9 Å². The van der Waals surface area contributed by atoms with Crippen LogP contribution >= 0.6 is 0 Å². The summed E-state index contributed by atoms with van der Waals surface area (Å²) in [5, 5.41) is 8.36. The first kappa shape index (κ1) is 21.3. The summed E-state index contributed by atoms with van der Waals surface area (Å²) in [6.45, 7) is 2.50. The number of hydrogen-bond acceptors (Lipinski definition) is 6. The van der Waals surface area contributed by atoms with Crippen molar-refractivity contribution < 1.29 is 13.9 Å². The number of methoxy groups -OCH3 is 1. The monoisotopic (exact) mass is 451 g/mol. The number of ether oxygens (including phenoxy) is 1. The third-order valence-corrected chi connectivity index (χ3v) is 6.02. The fraction of sp³-hybridized carbons (Fsp3) is 0.391. The lowest BCUT2D eigenvalue weighted by molar-refractivity contribution is 0.0936. The van der Waals surface area contributed by atoms with Gasteiger partial charge in [0, 0.05) is 30.2 Å². The molecule has 9 nitrogen and oxygen atoms in total. The summed E-state index contributed by atoms with van der Waals surface area (Å²) in [6.07, 6.45) is 4.45. The number of nitrogens with zero attached hydrogens (tertiary/aromatic N) is 5. The highest BCUT2D eigenvalue weighted by molar-refractivity contribution is 5.93. The highest BCUT2D eigenvalue weighted by Gasteiger charge is 2.27. The molecule has 0 spiro atoms. The molecule has 5 rings (SSSR count). The number of halogens is 1. The minimum absolute atomic E-state index is 0.0813. The standard InChI is InChI=1S/C23H26FN7O2/c1-13-19(18-8-15-4-3-7-26-21(15)30(18)11-14-5-6-14)29-31-12-17(28-23(33-2)20(13)31)22(32)27-10-16(24)9-25/h3-4,7-8,12,14,16H,5-6,9-11,25H2,1-2H3,(H,27,32)/t16-/m1/s1. The van der Waals surface area contributed by atoms with Crippen molar-refractivity contribution in [2.24, 2.45) is 11.7 Å². The fourth-order valence-electron chi connectivity index (χ4n) is 4.07. The molecular weight excluding hydrogens is 425 g/mol. The number of aromatic nitrogens is 5. The van der Waals surface area contributed by atoms with Crippen molar-refractivity contribution in [3.8, 4) is 17.3 Å². The van der Waals surface area contributed by atoms with Crippen molar-refractivity contribution in [3.05, 3.63) is 41.9 Å². The summed E-state index contributed by atoms with van der Waals surface area (Å²) in [7, 11) is 1.50. The average molecular weight is 452 g/mol. The molecule has 0 unspecified atom stereocenters. The Balaban J connectivity index is 1.60. The predicted octanol–water partition coefficient (Wildman–Crippen LogP) is 2.50. The lowest BCUT2D eigenvalue weighted by Gasteiger charge is -2.09. The van der Waals surface area contributed by atoms with Crippen molar-refractivity contribution in [1.29, 1.82) is 0 Å². The first-order valence-corrected chi connectivity index (χ1v) is 11.0. The Hall–Kier alpha value is -3.53. The van der Waals surface area contributed by atoms with Crippen LogP contribution < -0.4 is 15.8 Å². The molecule has 4 aromatic heterocycles. The van der Waals surface area contributed by atoms with Gasteiger partial charge in [-0.15, -0.1) is 0 Å². The van der Waals surface area contributed by atoms with Crippen LogP contribution in [0.5, 0.6) is 5.88 Å². The Kier molecular flexibility index (Phi) is 5.45. The minimum Gasteiger partial charge on any atom is -0.479 e. The molecule has 33 heavy (non-hydrogen) atoms. The van der Waals surface area contributed by atoms with Gasteiger partial charge in [-0.3, -0.25) is 4.79 Å². The van der Waals surface area contributed by atoms with E-state index in [2.05, 4.69) is 25.9 Å². The van der Waals surface area contributed by atoms with E-state index < -0.39 is 12.1 Å². The van der Waals surface area contributed by atoms with Gasteiger partial charge in [0.15, 0.2) is 5.69 Å². The zero-order chi connectivity index (χ0) is 23.1. The van der Waals surface area contributed by atoms with Gasteiger partial charge in [-0.1, -0.05) is 0 Å². The maximum absolute atomic E-state index is 13.5. The first-order valence-electron chi connectivity index (χ1n) is 11.0. The number of nitrogens with two attached hydrogens (primary N) is 1. The Morgan fingerprint density at radius 3 is 2.97 bits per heavy atom. The number of fused-ring (bicyclic) bond motifs is 2. The van der Waals surface area contributed by atoms with Crippen molar-refractivity contribution >= 4 is 22.5 Å². The van der Waals surface area contributed by atoms with Crippen molar-refractivity contribution in [2.45, 2.75) is 32.5 Å². The van der Waals surface area contributed by atoms with E-state index in [0.717, 1.165) is 34.5 Å². The maximum atomic E-state index is 13.5. The molecule has 0 aromatic carbocycles. The van der Waals surface area contributed by atoms with Gasteiger partial charge in [-0.05, 0) is 43.9 Å². The summed E-state index contributed by atoms with van der Waals surface area (Å²) in [5.74, 6) is 0.406. The molecule has 0 bridgehead atoms. The van der Waals surface area contributed by atoms with Gasteiger partial charge in [0.1, 0.15) is 23.0 Å². The molecule has 0 radical (unpaired) electrons. The van der Waals surface area contributed by atoms with Gasteiger partial charge in [-0.2, -0.15) is 5.10 Å². The summed E-state index contributed by atoms with van der Waals surface area (Å²) in [6, 6.07) is 6.07. The molecule has 10 heteroatoms. The zero-order valence-electron chi connectivity index (χ0n) is 18.6. The number of carbonyl (C=O) groups is 1. The molecule has 3 N–H and O–H groups in total. The summed E-state index contributed by atoms with van der Waals surface area (Å²) in [5.41, 5.74) is 9.60. The second-order valence-corrected chi connectivity index (χ2v) is 8.45. The Morgan fingerprint density at radius 1 is 1.42 bits per heavy atom. The van der Waals surface area contributed by atoms with Crippen LogP contribution in [0.2, 0.25) is 0 Å². The van der Waals surface area contributed by atoms with E-state index in [9.17, 15) is 9.18 Å². The van der Waals surface area contributed by atoms with Crippen LogP contribution in [0.25, 0.3) is 27.9 Å². The third kappa shape index (κ3) is 3.91. The average Bonchev–Trinajstić information content (AvgIpc) is 3.50. The number of carbonyl (C=O) groups excluding carboxylic acids is 1. The highest BCUT2D eigenvalue weighted by atomic mass is 19.1. The molecule has 1 aliphatic carbocycles. The Labute approximate surface area is 189 Å². The number of nitrogens with one attached hydrogen (secondary N) is 1. The van der Waals surface area contributed by atoms with Crippen LogP contribution in [-0.2, 0) is 6.54 Å². The number of rotatable bonds is 8.